The van der Waals surface area contributed by atoms with Crippen molar-refractivity contribution >= 4 is 0 Å². The van der Waals surface area contributed by atoms with Crippen LogP contribution < -0.4 is 5.73 Å². The van der Waals surface area contributed by atoms with Crippen LogP contribution >= 0.6 is 0 Å². The van der Waals surface area contributed by atoms with Crippen LogP contribution in [0.3, 0.4) is 0 Å². The highest BCUT2D eigenvalue weighted by Crippen LogP contribution is 2.01. The van der Waals surface area contributed by atoms with Crippen LogP contribution in [0.4, 0.5) is 0 Å². The van der Waals surface area contributed by atoms with E-state index in [1.165, 1.54) is 12.8 Å². The average Bonchev–Trinajstić information content (AvgIpc) is 2.63. The first-order valence-electron chi connectivity index (χ1n) is 5.65. The van der Waals surface area contributed by atoms with Gasteiger partial charge in [0.15, 0.2) is 0 Å². The third-order valence-electron chi connectivity index (χ3n) is 2.40. The van der Waals surface area contributed by atoms with E-state index in [0.717, 1.165) is 25.3 Å². The molecule has 0 saturated heterocycles. The van der Waals surface area contributed by atoms with Crippen molar-refractivity contribution in [1.82, 2.24) is 14.5 Å². The first-order chi connectivity index (χ1) is 7.26. The monoisotopic (exact) mass is 210 g/mol. The van der Waals surface area contributed by atoms with Crippen LogP contribution in [-0.2, 0) is 13.1 Å². The van der Waals surface area contributed by atoms with E-state index in [1.807, 2.05) is 10.9 Å². The van der Waals surface area contributed by atoms with Gasteiger partial charge in [-0.3, -0.25) is 0 Å². The molecular formula is C11H22N4. The van der Waals surface area contributed by atoms with Crippen molar-refractivity contribution < 1.29 is 0 Å². The van der Waals surface area contributed by atoms with Gasteiger partial charge in [0, 0.05) is 25.8 Å². The van der Waals surface area contributed by atoms with Crippen molar-refractivity contribution in [2.75, 3.05) is 20.1 Å². The van der Waals surface area contributed by atoms with Crippen LogP contribution in [0.2, 0.25) is 0 Å². The van der Waals surface area contributed by atoms with E-state index in [4.69, 9.17) is 5.73 Å². The fraction of sp³-hybridized carbons (Fsp3) is 0.727. The molecule has 0 spiro atoms. The summed E-state index contributed by atoms with van der Waals surface area (Å²) >= 11 is 0. The van der Waals surface area contributed by atoms with E-state index in [2.05, 4.69) is 30.1 Å². The summed E-state index contributed by atoms with van der Waals surface area (Å²) in [4.78, 5) is 6.65. The largest absolute Gasteiger partial charge is 0.336 e. The summed E-state index contributed by atoms with van der Waals surface area (Å²) in [7, 11) is 2.14. The number of rotatable bonds is 7. The molecule has 4 nitrogen and oxygen atoms in total. The molecule has 1 aromatic heterocycles. The van der Waals surface area contributed by atoms with Crippen LogP contribution in [0.15, 0.2) is 12.5 Å². The molecule has 0 aliphatic rings. The van der Waals surface area contributed by atoms with Gasteiger partial charge < -0.3 is 15.2 Å². The number of hydrogen-bond acceptors (Lipinski definition) is 3. The predicted octanol–water partition coefficient (Wildman–Crippen LogP) is 1.07. The first-order valence-corrected chi connectivity index (χ1v) is 5.65. The number of nitrogens with two attached hydrogens (primary N) is 1. The lowest BCUT2D eigenvalue weighted by atomic mass is 10.3. The molecule has 0 aliphatic carbocycles. The highest BCUT2D eigenvalue weighted by Gasteiger charge is 2.02. The number of hydrogen-bond donors (Lipinski definition) is 1. The molecule has 4 heteroatoms. The van der Waals surface area contributed by atoms with E-state index >= 15 is 0 Å². The Hall–Kier alpha value is -0.870. The summed E-state index contributed by atoms with van der Waals surface area (Å²) in [5, 5.41) is 0. The summed E-state index contributed by atoms with van der Waals surface area (Å²) < 4.78 is 2.04. The molecular weight excluding hydrogens is 188 g/mol. The van der Waals surface area contributed by atoms with E-state index in [-0.39, 0.29) is 0 Å². The molecule has 0 unspecified atom stereocenters. The molecule has 15 heavy (non-hydrogen) atoms. The molecule has 0 atom stereocenters. The van der Waals surface area contributed by atoms with Gasteiger partial charge in [0.2, 0.25) is 0 Å². The molecule has 0 radical (unpaired) electrons. The minimum Gasteiger partial charge on any atom is -0.336 e. The fourth-order valence-electron chi connectivity index (χ4n) is 1.54. The molecule has 86 valence electrons. The van der Waals surface area contributed by atoms with Gasteiger partial charge in [-0.2, -0.15) is 0 Å². The van der Waals surface area contributed by atoms with Crippen LogP contribution in [0.25, 0.3) is 0 Å². The van der Waals surface area contributed by atoms with Crippen molar-refractivity contribution in [2.45, 2.75) is 32.9 Å². The minimum absolute atomic E-state index is 0.668. The maximum atomic E-state index is 5.48. The molecule has 2 N–H and O–H groups in total. The van der Waals surface area contributed by atoms with Gasteiger partial charge in [0.25, 0.3) is 0 Å². The highest BCUT2D eigenvalue weighted by atomic mass is 15.1. The van der Waals surface area contributed by atoms with Crippen molar-refractivity contribution in [1.29, 1.82) is 0 Å². The number of unbranched alkanes of at least 4 members (excludes halogenated alkanes) is 1. The summed E-state index contributed by atoms with van der Waals surface area (Å²) in [6.45, 7) is 5.80. The van der Waals surface area contributed by atoms with E-state index < -0.39 is 0 Å². The molecule has 0 bridgehead atoms. The molecule has 0 aromatic carbocycles. The topological polar surface area (TPSA) is 47.1 Å². The highest BCUT2D eigenvalue weighted by molar-refractivity contribution is 4.96. The second-order valence-electron chi connectivity index (χ2n) is 3.98. The van der Waals surface area contributed by atoms with Gasteiger partial charge in [-0.1, -0.05) is 13.3 Å². The normalized spacial score (nSPS) is 11.2. The Morgan fingerprint density at radius 3 is 3.00 bits per heavy atom. The third kappa shape index (κ3) is 4.44. The zero-order valence-electron chi connectivity index (χ0n) is 9.82. The smallest absolute Gasteiger partial charge is 0.0950 e. The van der Waals surface area contributed by atoms with Crippen molar-refractivity contribution in [3.05, 3.63) is 18.2 Å². The molecule has 0 fully saturated rings. The predicted molar refractivity (Wildman–Crippen MR) is 62.5 cm³/mol. The third-order valence-corrected chi connectivity index (χ3v) is 2.40. The van der Waals surface area contributed by atoms with Crippen molar-refractivity contribution in [2.24, 2.45) is 5.73 Å². The molecule has 0 saturated carbocycles. The maximum Gasteiger partial charge on any atom is 0.0950 e. The first kappa shape index (κ1) is 12.2. The SMILES string of the molecule is CCCCN(C)Cc1cn(CCN)cn1. The summed E-state index contributed by atoms with van der Waals surface area (Å²) in [6.07, 6.45) is 6.43. The fourth-order valence-corrected chi connectivity index (χ4v) is 1.54. The Morgan fingerprint density at radius 1 is 1.53 bits per heavy atom. The van der Waals surface area contributed by atoms with E-state index in [9.17, 15) is 0 Å². The van der Waals surface area contributed by atoms with Crippen LogP contribution in [0.1, 0.15) is 25.5 Å². The van der Waals surface area contributed by atoms with Crippen molar-refractivity contribution in [3.63, 3.8) is 0 Å². The Morgan fingerprint density at radius 2 is 2.33 bits per heavy atom. The second-order valence-corrected chi connectivity index (χ2v) is 3.98. The summed E-state index contributed by atoms with van der Waals surface area (Å²) in [5.41, 5.74) is 6.60. The van der Waals surface area contributed by atoms with E-state index in [1.54, 1.807) is 0 Å². The standard InChI is InChI=1S/C11H22N4/c1-3-4-6-14(2)8-11-9-15(7-5-12)10-13-11/h9-10H,3-8,12H2,1-2H3. The van der Waals surface area contributed by atoms with Gasteiger partial charge in [-0.15, -0.1) is 0 Å². The van der Waals surface area contributed by atoms with Crippen molar-refractivity contribution in [3.8, 4) is 0 Å². The Bertz CT molecular complexity index is 269. The summed E-state index contributed by atoms with van der Waals surface area (Å²) in [6, 6.07) is 0. The van der Waals surface area contributed by atoms with Gasteiger partial charge in [-0.05, 0) is 20.0 Å². The Kier molecular flexibility index (Phi) is 5.36. The van der Waals surface area contributed by atoms with Gasteiger partial charge in [0.05, 0.1) is 12.0 Å². The lowest BCUT2D eigenvalue weighted by molar-refractivity contribution is 0.317. The van der Waals surface area contributed by atoms with Gasteiger partial charge >= 0.3 is 0 Å². The number of nitrogens with zero attached hydrogens (tertiary/aromatic N) is 3. The van der Waals surface area contributed by atoms with Crippen LogP contribution in [0, 0.1) is 0 Å². The quantitative estimate of drug-likeness (QED) is 0.732. The lowest BCUT2D eigenvalue weighted by Crippen LogP contribution is -2.19. The van der Waals surface area contributed by atoms with Gasteiger partial charge in [-0.25, -0.2) is 4.98 Å². The maximum absolute atomic E-state index is 5.48. The Balaban J connectivity index is 2.35. The van der Waals surface area contributed by atoms with Gasteiger partial charge in [0.1, 0.15) is 0 Å². The molecule has 0 amide bonds. The minimum atomic E-state index is 0.668. The second kappa shape index (κ2) is 6.58. The zero-order chi connectivity index (χ0) is 11.1. The average molecular weight is 210 g/mol. The van der Waals surface area contributed by atoms with Crippen LogP contribution in [0.5, 0.6) is 0 Å². The van der Waals surface area contributed by atoms with Crippen LogP contribution in [-0.4, -0.2) is 34.6 Å². The number of aromatic nitrogens is 2. The molecule has 0 aliphatic heterocycles. The summed E-state index contributed by atoms with van der Waals surface area (Å²) in [5.74, 6) is 0. The molecule has 1 heterocycles. The number of imidazole rings is 1. The Labute approximate surface area is 92.1 Å². The molecule has 1 aromatic rings. The zero-order valence-corrected chi connectivity index (χ0v) is 9.82. The molecule has 1 rings (SSSR count). The lowest BCUT2D eigenvalue weighted by Gasteiger charge is -2.13. The van der Waals surface area contributed by atoms with E-state index in [0.29, 0.717) is 6.54 Å².